The smallest absolute Gasteiger partial charge is 0.126 e. The van der Waals surface area contributed by atoms with Crippen LogP contribution in [0.25, 0.3) is 11.3 Å². The highest BCUT2D eigenvalue weighted by atomic mass is 16.5. The van der Waals surface area contributed by atoms with Gasteiger partial charge in [0.1, 0.15) is 11.6 Å². The van der Waals surface area contributed by atoms with Crippen molar-refractivity contribution in [3.05, 3.63) is 40.8 Å². The van der Waals surface area contributed by atoms with Crippen LogP contribution >= 0.6 is 0 Å². The molecule has 0 spiro atoms. The summed E-state index contributed by atoms with van der Waals surface area (Å²) < 4.78 is 5.38. The second-order valence-electron chi connectivity index (χ2n) is 4.64. The summed E-state index contributed by atoms with van der Waals surface area (Å²) in [4.78, 5) is 8.78. The number of nitrogens with two attached hydrogens (primary N) is 1. The van der Waals surface area contributed by atoms with Crippen LogP contribution in [0.2, 0.25) is 0 Å². The third kappa shape index (κ3) is 2.74. The molecule has 19 heavy (non-hydrogen) atoms. The van der Waals surface area contributed by atoms with Crippen molar-refractivity contribution in [3.63, 3.8) is 0 Å². The van der Waals surface area contributed by atoms with Crippen LogP contribution in [0.5, 0.6) is 5.75 Å². The molecule has 0 unspecified atom stereocenters. The summed E-state index contributed by atoms with van der Waals surface area (Å²) in [6, 6.07) is 6.09. The third-order valence-corrected chi connectivity index (χ3v) is 3.06. The maximum atomic E-state index is 5.66. The van der Waals surface area contributed by atoms with E-state index in [2.05, 4.69) is 22.1 Å². The molecule has 4 heteroatoms. The van der Waals surface area contributed by atoms with Gasteiger partial charge in [0.25, 0.3) is 0 Å². The maximum absolute atomic E-state index is 5.66. The van der Waals surface area contributed by atoms with E-state index in [0.29, 0.717) is 6.54 Å². The molecule has 0 atom stereocenters. The van der Waals surface area contributed by atoms with E-state index in [1.54, 1.807) is 7.11 Å². The Morgan fingerprint density at radius 1 is 1.05 bits per heavy atom. The van der Waals surface area contributed by atoms with Crippen LogP contribution in [-0.2, 0) is 6.54 Å². The molecule has 1 aromatic heterocycles. The minimum Gasteiger partial charge on any atom is -0.496 e. The van der Waals surface area contributed by atoms with Gasteiger partial charge in [-0.05, 0) is 50.1 Å². The lowest BCUT2D eigenvalue weighted by atomic mass is 10.0. The topological polar surface area (TPSA) is 61.0 Å². The van der Waals surface area contributed by atoms with Crippen LogP contribution in [-0.4, -0.2) is 17.1 Å². The van der Waals surface area contributed by atoms with Crippen molar-refractivity contribution in [1.82, 2.24) is 9.97 Å². The van der Waals surface area contributed by atoms with Crippen molar-refractivity contribution in [2.24, 2.45) is 5.73 Å². The number of nitrogens with zero attached hydrogens (tertiary/aromatic N) is 2. The average molecular weight is 257 g/mol. The second kappa shape index (κ2) is 5.36. The maximum Gasteiger partial charge on any atom is 0.126 e. The molecule has 0 radical (unpaired) electrons. The van der Waals surface area contributed by atoms with Gasteiger partial charge in [-0.2, -0.15) is 0 Å². The Morgan fingerprint density at radius 2 is 1.68 bits per heavy atom. The standard InChI is InChI=1S/C15H19N3O/c1-9-5-12(6-10(2)15(9)19-4)14-7-13(8-16)17-11(3)18-14/h5-7H,8,16H2,1-4H3. The highest BCUT2D eigenvalue weighted by Crippen LogP contribution is 2.29. The van der Waals surface area contributed by atoms with E-state index >= 15 is 0 Å². The normalized spacial score (nSPS) is 10.6. The fourth-order valence-corrected chi connectivity index (χ4v) is 2.30. The molecule has 100 valence electrons. The molecular weight excluding hydrogens is 238 g/mol. The fraction of sp³-hybridized carbons (Fsp3) is 0.333. The van der Waals surface area contributed by atoms with Crippen molar-refractivity contribution < 1.29 is 4.74 Å². The number of benzene rings is 1. The number of rotatable bonds is 3. The molecule has 0 saturated heterocycles. The zero-order valence-electron chi connectivity index (χ0n) is 11.8. The van der Waals surface area contributed by atoms with Gasteiger partial charge in [0, 0.05) is 12.1 Å². The molecule has 0 aliphatic rings. The van der Waals surface area contributed by atoms with Crippen molar-refractivity contribution >= 4 is 0 Å². The van der Waals surface area contributed by atoms with Gasteiger partial charge in [-0.3, -0.25) is 0 Å². The first-order valence-electron chi connectivity index (χ1n) is 6.25. The largest absolute Gasteiger partial charge is 0.496 e. The van der Waals surface area contributed by atoms with Crippen molar-refractivity contribution in [2.75, 3.05) is 7.11 Å². The summed E-state index contributed by atoms with van der Waals surface area (Å²) in [5.41, 5.74) is 10.7. The molecule has 2 N–H and O–H groups in total. The average Bonchev–Trinajstić information content (AvgIpc) is 2.37. The first-order valence-corrected chi connectivity index (χ1v) is 6.25. The molecule has 0 aliphatic heterocycles. The molecular formula is C15H19N3O. The van der Waals surface area contributed by atoms with E-state index in [-0.39, 0.29) is 0 Å². The minimum absolute atomic E-state index is 0.421. The van der Waals surface area contributed by atoms with E-state index in [1.807, 2.05) is 26.8 Å². The summed E-state index contributed by atoms with van der Waals surface area (Å²) >= 11 is 0. The first-order chi connectivity index (χ1) is 9.05. The van der Waals surface area contributed by atoms with E-state index in [1.165, 1.54) is 0 Å². The third-order valence-electron chi connectivity index (χ3n) is 3.06. The first kappa shape index (κ1) is 13.5. The summed E-state index contributed by atoms with van der Waals surface area (Å²) in [5, 5.41) is 0. The predicted molar refractivity (Wildman–Crippen MR) is 76.1 cm³/mol. The van der Waals surface area contributed by atoms with Crippen LogP contribution in [0.4, 0.5) is 0 Å². The van der Waals surface area contributed by atoms with Crippen LogP contribution in [0.15, 0.2) is 18.2 Å². The molecule has 4 nitrogen and oxygen atoms in total. The Morgan fingerprint density at radius 3 is 2.21 bits per heavy atom. The van der Waals surface area contributed by atoms with Gasteiger partial charge < -0.3 is 10.5 Å². The summed E-state index contributed by atoms with van der Waals surface area (Å²) in [6.07, 6.45) is 0. The molecule has 0 saturated carbocycles. The van der Waals surface area contributed by atoms with Crippen LogP contribution < -0.4 is 10.5 Å². The number of methoxy groups -OCH3 is 1. The predicted octanol–water partition coefficient (Wildman–Crippen LogP) is 2.54. The van der Waals surface area contributed by atoms with Gasteiger partial charge in [0.05, 0.1) is 18.5 Å². The molecule has 1 aromatic carbocycles. The van der Waals surface area contributed by atoms with Crippen molar-refractivity contribution in [1.29, 1.82) is 0 Å². The second-order valence-corrected chi connectivity index (χ2v) is 4.64. The quantitative estimate of drug-likeness (QED) is 0.918. The van der Waals surface area contributed by atoms with Crippen LogP contribution in [0, 0.1) is 20.8 Å². The Hall–Kier alpha value is -1.94. The van der Waals surface area contributed by atoms with E-state index < -0.39 is 0 Å². The lowest BCUT2D eigenvalue weighted by Gasteiger charge is -2.12. The lowest BCUT2D eigenvalue weighted by Crippen LogP contribution is -2.03. The SMILES string of the molecule is COc1c(C)cc(-c2cc(CN)nc(C)n2)cc1C. The van der Waals surface area contributed by atoms with Crippen LogP contribution in [0.1, 0.15) is 22.6 Å². The molecule has 0 bridgehead atoms. The lowest BCUT2D eigenvalue weighted by molar-refractivity contribution is 0.408. The number of aromatic nitrogens is 2. The molecule has 2 rings (SSSR count). The summed E-state index contributed by atoms with van der Waals surface area (Å²) in [6.45, 7) is 6.37. The van der Waals surface area contributed by atoms with Crippen molar-refractivity contribution in [3.8, 4) is 17.0 Å². The minimum atomic E-state index is 0.421. The zero-order valence-corrected chi connectivity index (χ0v) is 11.8. The molecule has 2 aromatic rings. The van der Waals surface area contributed by atoms with Gasteiger partial charge in [0.15, 0.2) is 0 Å². The Kier molecular flexibility index (Phi) is 3.81. The number of aryl methyl sites for hydroxylation is 3. The number of hydrogen-bond donors (Lipinski definition) is 1. The summed E-state index contributed by atoms with van der Waals surface area (Å²) in [5.74, 6) is 1.66. The highest BCUT2D eigenvalue weighted by molar-refractivity contribution is 5.64. The molecule has 0 amide bonds. The van der Waals surface area contributed by atoms with Gasteiger partial charge >= 0.3 is 0 Å². The van der Waals surface area contributed by atoms with Gasteiger partial charge in [-0.25, -0.2) is 9.97 Å². The van der Waals surface area contributed by atoms with Gasteiger partial charge in [0.2, 0.25) is 0 Å². The Balaban J connectivity index is 2.56. The van der Waals surface area contributed by atoms with E-state index in [4.69, 9.17) is 10.5 Å². The Bertz CT molecular complexity index is 585. The van der Waals surface area contributed by atoms with Crippen LogP contribution in [0.3, 0.4) is 0 Å². The fourth-order valence-electron chi connectivity index (χ4n) is 2.30. The number of hydrogen-bond acceptors (Lipinski definition) is 4. The Labute approximate surface area is 113 Å². The molecule has 1 heterocycles. The molecule has 0 fully saturated rings. The van der Waals surface area contributed by atoms with Crippen molar-refractivity contribution in [2.45, 2.75) is 27.3 Å². The highest BCUT2D eigenvalue weighted by Gasteiger charge is 2.09. The zero-order chi connectivity index (χ0) is 14.0. The van der Waals surface area contributed by atoms with E-state index in [0.717, 1.165) is 39.7 Å². The molecule has 0 aliphatic carbocycles. The monoisotopic (exact) mass is 257 g/mol. The van der Waals surface area contributed by atoms with Gasteiger partial charge in [-0.1, -0.05) is 0 Å². The van der Waals surface area contributed by atoms with E-state index in [9.17, 15) is 0 Å². The summed E-state index contributed by atoms with van der Waals surface area (Å²) in [7, 11) is 1.69. The number of ether oxygens (including phenoxy) is 1. The van der Waals surface area contributed by atoms with Gasteiger partial charge in [-0.15, -0.1) is 0 Å².